The molecule has 0 aliphatic rings. The van der Waals surface area contributed by atoms with Crippen molar-refractivity contribution in [1.82, 2.24) is 5.32 Å². The maximum atomic E-state index is 12.3. The standard InChI is InChI=1S/C19H20N2O4S/c1-13(16-6-10-18(11-7-16)26(3,23)24)21-19(22)14(2)25-17-8-4-15(12-20)5-9-17/h4-11,13-14H,1-3H3,(H,21,22). The fourth-order valence-corrected chi connectivity index (χ4v) is 2.91. The van der Waals surface area contributed by atoms with Crippen molar-refractivity contribution in [3.8, 4) is 11.8 Å². The summed E-state index contributed by atoms with van der Waals surface area (Å²) < 4.78 is 28.6. The lowest BCUT2D eigenvalue weighted by atomic mass is 10.1. The molecule has 0 saturated heterocycles. The first-order valence-electron chi connectivity index (χ1n) is 7.98. The van der Waals surface area contributed by atoms with Crippen molar-refractivity contribution in [3.63, 3.8) is 0 Å². The van der Waals surface area contributed by atoms with Gasteiger partial charge in [0.1, 0.15) is 5.75 Å². The van der Waals surface area contributed by atoms with Gasteiger partial charge in [0.05, 0.1) is 22.6 Å². The molecule has 0 fully saturated rings. The van der Waals surface area contributed by atoms with Gasteiger partial charge >= 0.3 is 0 Å². The summed E-state index contributed by atoms with van der Waals surface area (Å²) in [5, 5.41) is 11.6. The fourth-order valence-electron chi connectivity index (χ4n) is 2.28. The van der Waals surface area contributed by atoms with Gasteiger partial charge in [-0.15, -0.1) is 0 Å². The predicted octanol–water partition coefficient (Wildman–Crippen LogP) is 2.61. The van der Waals surface area contributed by atoms with Crippen LogP contribution >= 0.6 is 0 Å². The lowest BCUT2D eigenvalue weighted by molar-refractivity contribution is -0.127. The van der Waals surface area contributed by atoms with E-state index in [0.717, 1.165) is 11.8 Å². The Bertz CT molecular complexity index is 914. The van der Waals surface area contributed by atoms with Crippen molar-refractivity contribution < 1.29 is 17.9 Å². The van der Waals surface area contributed by atoms with Gasteiger partial charge in [0.2, 0.25) is 0 Å². The Kier molecular flexibility index (Phi) is 6.01. The monoisotopic (exact) mass is 372 g/mol. The molecule has 6 nitrogen and oxygen atoms in total. The summed E-state index contributed by atoms with van der Waals surface area (Å²) in [5.74, 6) is 0.200. The summed E-state index contributed by atoms with van der Waals surface area (Å²) in [4.78, 5) is 12.5. The van der Waals surface area contributed by atoms with Gasteiger partial charge in [-0.05, 0) is 55.8 Å². The molecule has 2 rings (SSSR count). The van der Waals surface area contributed by atoms with E-state index in [1.165, 1.54) is 12.1 Å². The molecule has 1 amide bonds. The highest BCUT2D eigenvalue weighted by atomic mass is 32.2. The summed E-state index contributed by atoms with van der Waals surface area (Å²) >= 11 is 0. The zero-order valence-electron chi connectivity index (χ0n) is 14.8. The van der Waals surface area contributed by atoms with E-state index in [1.807, 2.05) is 13.0 Å². The van der Waals surface area contributed by atoms with Gasteiger partial charge in [0.25, 0.3) is 5.91 Å². The lowest BCUT2D eigenvalue weighted by Crippen LogP contribution is -2.37. The smallest absolute Gasteiger partial charge is 0.261 e. The van der Waals surface area contributed by atoms with Gasteiger partial charge < -0.3 is 10.1 Å². The van der Waals surface area contributed by atoms with Gasteiger partial charge in [-0.25, -0.2) is 8.42 Å². The Morgan fingerprint density at radius 2 is 1.65 bits per heavy atom. The van der Waals surface area contributed by atoms with E-state index in [1.54, 1.807) is 43.3 Å². The molecular formula is C19H20N2O4S. The van der Waals surface area contributed by atoms with Gasteiger partial charge in [0.15, 0.2) is 15.9 Å². The highest BCUT2D eigenvalue weighted by Crippen LogP contribution is 2.17. The van der Waals surface area contributed by atoms with E-state index in [0.29, 0.717) is 11.3 Å². The molecule has 0 spiro atoms. The summed E-state index contributed by atoms with van der Waals surface area (Å²) in [5.41, 5.74) is 1.30. The number of carbonyl (C=O) groups is 1. The van der Waals surface area contributed by atoms with E-state index >= 15 is 0 Å². The quantitative estimate of drug-likeness (QED) is 0.841. The molecule has 26 heavy (non-hydrogen) atoms. The molecule has 0 radical (unpaired) electrons. The highest BCUT2D eigenvalue weighted by Gasteiger charge is 2.18. The summed E-state index contributed by atoms with van der Waals surface area (Å²) in [6.45, 7) is 3.44. The van der Waals surface area contributed by atoms with Gasteiger partial charge in [-0.3, -0.25) is 4.79 Å². The number of ether oxygens (including phenoxy) is 1. The number of carbonyl (C=O) groups excluding carboxylic acids is 1. The first kappa shape index (κ1) is 19.5. The normalized spacial score (nSPS) is 13.3. The van der Waals surface area contributed by atoms with Crippen molar-refractivity contribution in [3.05, 3.63) is 59.7 Å². The number of nitriles is 1. The number of nitrogens with zero attached hydrogens (tertiary/aromatic N) is 1. The van der Waals surface area contributed by atoms with Crippen LogP contribution in [0, 0.1) is 11.3 Å². The molecule has 0 saturated carbocycles. The SMILES string of the molecule is CC(Oc1ccc(C#N)cc1)C(=O)NC(C)c1ccc(S(C)(=O)=O)cc1. The van der Waals surface area contributed by atoms with Crippen molar-refractivity contribution in [2.45, 2.75) is 30.9 Å². The molecule has 136 valence electrons. The van der Waals surface area contributed by atoms with Crippen LogP contribution in [0.2, 0.25) is 0 Å². The second kappa shape index (κ2) is 8.02. The lowest BCUT2D eigenvalue weighted by Gasteiger charge is -2.19. The number of nitrogens with one attached hydrogen (secondary N) is 1. The summed E-state index contributed by atoms with van der Waals surface area (Å²) in [6.07, 6.45) is 0.427. The minimum absolute atomic E-state index is 0.234. The topological polar surface area (TPSA) is 96.3 Å². The Hall–Kier alpha value is -2.85. The minimum atomic E-state index is -3.25. The van der Waals surface area contributed by atoms with Crippen LogP contribution in [0.5, 0.6) is 5.75 Å². The number of rotatable bonds is 6. The Labute approximate surface area is 153 Å². The highest BCUT2D eigenvalue weighted by molar-refractivity contribution is 7.90. The van der Waals surface area contributed by atoms with Crippen LogP contribution in [-0.2, 0) is 14.6 Å². The number of amides is 1. The van der Waals surface area contributed by atoms with Gasteiger partial charge in [-0.2, -0.15) is 5.26 Å². The van der Waals surface area contributed by atoms with Crippen molar-refractivity contribution in [2.24, 2.45) is 0 Å². The zero-order chi connectivity index (χ0) is 19.3. The molecule has 2 atom stereocenters. The molecule has 1 N–H and O–H groups in total. The van der Waals surface area contributed by atoms with E-state index in [2.05, 4.69) is 5.32 Å². The van der Waals surface area contributed by atoms with Crippen LogP contribution in [0.15, 0.2) is 53.4 Å². The van der Waals surface area contributed by atoms with E-state index in [-0.39, 0.29) is 16.8 Å². The molecule has 7 heteroatoms. The molecule has 2 unspecified atom stereocenters. The first-order valence-corrected chi connectivity index (χ1v) is 9.87. The second-order valence-electron chi connectivity index (χ2n) is 5.97. The predicted molar refractivity (Wildman–Crippen MR) is 97.4 cm³/mol. The molecule has 0 aromatic heterocycles. The van der Waals surface area contributed by atoms with Crippen molar-refractivity contribution in [1.29, 1.82) is 5.26 Å². The fraction of sp³-hybridized carbons (Fsp3) is 0.263. The van der Waals surface area contributed by atoms with E-state index < -0.39 is 15.9 Å². The molecule has 0 bridgehead atoms. The van der Waals surface area contributed by atoms with Crippen LogP contribution in [0.1, 0.15) is 31.0 Å². The average Bonchev–Trinajstić information content (AvgIpc) is 2.61. The maximum absolute atomic E-state index is 12.3. The number of hydrogen-bond acceptors (Lipinski definition) is 5. The Morgan fingerprint density at radius 3 is 2.15 bits per heavy atom. The van der Waals surface area contributed by atoms with Crippen LogP contribution in [0.3, 0.4) is 0 Å². The van der Waals surface area contributed by atoms with E-state index in [9.17, 15) is 13.2 Å². The zero-order valence-corrected chi connectivity index (χ0v) is 15.6. The molecular weight excluding hydrogens is 352 g/mol. The third-order valence-electron chi connectivity index (χ3n) is 3.83. The minimum Gasteiger partial charge on any atom is -0.481 e. The molecule has 2 aromatic rings. The Balaban J connectivity index is 1.98. The van der Waals surface area contributed by atoms with Crippen LogP contribution in [-0.4, -0.2) is 26.7 Å². The molecule has 0 aliphatic carbocycles. The van der Waals surface area contributed by atoms with Crippen LogP contribution in [0.25, 0.3) is 0 Å². The second-order valence-corrected chi connectivity index (χ2v) is 7.98. The largest absolute Gasteiger partial charge is 0.481 e. The van der Waals surface area contributed by atoms with Gasteiger partial charge in [-0.1, -0.05) is 12.1 Å². The van der Waals surface area contributed by atoms with Gasteiger partial charge in [0, 0.05) is 6.26 Å². The van der Waals surface area contributed by atoms with Crippen molar-refractivity contribution in [2.75, 3.05) is 6.26 Å². The van der Waals surface area contributed by atoms with Crippen LogP contribution < -0.4 is 10.1 Å². The maximum Gasteiger partial charge on any atom is 0.261 e. The molecule has 0 heterocycles. The number of sulfone groups is 1. The molecule has 0 aliphatic heterocycles. The van der Waals surface area contributed by atoms with Crippen LogP contribution in [0.4, 0.5) is 0 Å². The third kappa shape index (κ3) is 5.07. The van der Waals surface area contributed by atoms with E-state index in [4.69, 9.17) is 10.00 Å². The summed E-state index contributed by atoms with van der Waals surface area (Å²) in [6, 6.07) is 14.6. The first-order chi connectivity index (χ1) is 12.2. The molecule has 2 aromatic carbocycles. The Morgan fingerprint density at radius 1 is 1.08 bits per heavy atom. The number of benzene rings is 2. The number of hydrogen-bond donors (Lipinski definition) is 1. The third-order valence-corrected chi connectivity index (χ3v) is 4.96. The summed E-state index contributed by atoms with van der Waals surface area (Å²) in [7, 11) is -3.25. The average molecular weight is 372 g/mol. The van der Waals surface area contributed by atoms with Crippen molar-refractivity contribution >= 4 is 15.7 Å².